The van der Waals surface area contributed by atoms with Crippen LogP contribution in [0.15, 0.2) is 58.6 Å². The molecule has 0 fully saturated rings. The van der Waals surface area contributed by atoms with E-state index in [1.54, 1.807) is 11.8 Å². The van der Waals surface area contributed by atoms with E-state index >= 15 is 0 Å². The van der Waals surface area contributed by atoms with Crippen LogP contribution < -0.4 is 10.6 Å². The highest BCUT2D eigenvalue weighted by molar-refractivity contribution is 7.98. The number of thioether (sulfide) groups is 1. The Morgan fingerprint density at radius 1 is 1.16 bits per heavy atom. The minimum absolute atomic E-state index is 0.0301. The van der Waals surface area contributed by atoms with Crippen molar-refractivity contribution in [1.82, 2.24) is 10.2 Å². The summed E-state index contributed by atoms with van der Waals surface area (Å²) in [7, 11) is 0. The van der Waals surface area contributed by atoms with Gasteiger partial charge in [0.05, 0.1) is 17.3 Å². The Hall–Kier alpha value is -3.26. The predicted octanol–water partition coefficient (Wildman–Crippen LogP) is 3.54. The van der Waals surface area contributed by atoms with Gasteiger partial charge < -0.3 is 15.4 Å². The number of benzene rings is 2. The molecule has 3 amide bonds. The third-order valence-electron chi connectivity index (χ3n) is 5.49. The van der Waals surface area contributed by atoms with Crippen molar-refractivity contribution in [3.63, 3.8) is 0 Å². The minimum atomic E-state index is -0.605. The number of carbonyl (C=O) groups is 3. The first-order chi connectivity index (χ1) is 14.9. The number of ether oxygens (including phenoxy) is 1. The highest BCUT2D eigenvalue weighted by Gasteiger charge is 2.42. The van der Waals surface area contributed by atoms with Gasteiger partial charge in [0.25, 0.3) is 0 Å². The first-order valence-corrected chi connectivity index (χ1v) is 11.1. The lowest BCUT2D eigenvalue weighted by Crippen LogP contribution is -2.49. The SMILES string of the molecule is CSc1ccc([C@H]2NC(=O)N(CC(=O)Nc3c(C)cccc3C)C3=C2C(=O)OC3)cc1. The molecule has 7 nitrogen and oxygen atoms in total. The van der Waals surface area contributed by atoms with Gasteiger partial charge in [0.2, 0.25) is 5.91 Å². The number of nitrogens with zero attached hydrogens (tertiary/aromatic N) is 1. The molecule has 0 unspecified atom stereocenters. The van der Waals surface area contributed by atoms with Crippen LogP contribution >= 0.6 is 11.8 Å². The molecule has 0 spiro atoms. The largest absolute Gasteiger partial charge is 0.456 e. The first kappa shape index (κ1) is 21.0. The van der Waals surface area contributed by atoms with E-state index in [9.17, 15) is 14.4 Å². The van der Waals surface area contributed by atoms with E-state index in [2.05, 4.69) is 10.6 Å². The Balaban J connectivity index is 1.60. The molecule has 8 heteroatoms. The van der Waals surface area contributed by atoms with Crippen molar-refractivity contribution >= 4 is 35.4 Å². The van der Waals surface area contributed by atoms with E-state index in [0.29, 0.717) is 11.3 Å². The number of aryl methyl sites for hydroxylation is 2. The summed E-state index contributed by atoms with van der Waals surface area (Å²) < 4.78 is 5.23. The average Bonchev–Trinajstić information content (AvgIpc) is 3.14. The number of nitrogens with one attached hydrogen (secondary N) is 2. The van der Waals surface area contributed by atoms with E-state index in [4.69, 9.17) is 4.74 Å². The van der Waals surface area contributed by atoms with E-state index < -0.39 is 18.0 Å². The number of rotatable bonds is 5. The number of para-hydroxylation sites is 1. The molecule has 2 heterocycles. The molecule has 0 saturated carbocycles. The van der Waals surface area contributed by atoms with Gasteiger partial charge in [-0.15, -0.1) is 11.8 Å². The summed E-state index contributed by atoms with van der Waals surface area (Å²) in [6.45, 7) is 3.57. The number of amides is 3. The molecule has 0 radical (unpaired) electrons. The molecule has 160 valence electrons. The molecular weight excluding hydrogens is 414 g/mol. The normalized spacial score (nSPS) is 17.9. The Labute approximate surface area is 184 Å². The summed E-state index contributed by atoms with van der Waals surface area (Å²) >= 11 is 1.61. The van der Waals surface area contributed by atoms with Crippen molar-refractivity contribution in [1.29, 1.82) is 0 Å². The topological polar surface area (TPSA) is 87.7 Å². The number of urea groups is 1. The van der Waals surface area contributed by atoms with Crippen molar-refractivity contribution in [3.8, 4) is 0 Å². The fourth-order valence-corrected chi connectivity index (χ4v) is 4.27. The molecule has 2 aromatic carbocycles. The third-order valence-corrected chi connectivity index (χ3v) is 6.24. The van der Waals surface area contributed by atoms with E-state index in [1.807, 2.05) is 62.6 Å². The molecule has 0 aromatic heterocycles. The lowest BCUT2D eigenvalue weighted by atomic mass is 9.96. The number of anilines is 1. The predicted molar refractivity (Wildman–Crippen MR) is 119 cm³/mol. The monoisotopic (exact) mass is 437 g/mol. The highest BCUT2D eigenvalue weighted by Crippen LogP contribution is 2.35. The summed E-state index contributed by atoms with van der Waals surface area (Å²) in [5.74, 6) is -0.823. The van der Waals surface area contributed by atoms with Crippen LogP contribution in [0.2, 0.25) is 0 Å². The van der Waals surface area contributed by atoms with Crippen molar-refractivity contribution < 1.29 is 19.1 Å². The van der Waals surface area contributed by atoms with Crippen molar-refractivity contribution in [2.75, 3.05) is 24.7 Å². The van der Waals surface area contributed by atoms with Gasteiger partial charge in [-0.05, 0) is 48.9 Å². The van der Waals surface area contributed by atoms with Gasteiger partial charge in [-0.1, -0.05) is 30.3 Å². The number of cyclic esters (lactones) is 1. The number of hydrogen-bond donors (Lipinski definition) is 2. The smallest absolute Gasteiger partial charge is 0.338 e. The summed E-state index contributed by atoms with van der Waals surface area (Å²) in [5, 5.41) is 5.74. The second kappa shape index (κ2) is 8.47. The number of carbonyl (C=O) groups excluding carboxylic acids is 3. The second-order valence-corrected chi connectivity index (χ2v) is 8.37. The molecule has 31 heavy (non-hydrogen) atoms. The maximum atomic E-state index is 12.9. The second-order valence-electron chi connectivity index (χ2n) is 7.49. The maximum absolute atomic E-state index is 12.9. The molecule has 0 bridgehead atoms. The molecule has 2 aliphatic heterocycles. The van der Waals surface area contributed by atoms with Gasteiger partial charge in [0.15, 0.2) is 0 Å². The van der Waals surface area contributed by atoms with Crippen LogP contribution in [0.1, 0.15) is 22.7 Å². The molecule has 2 aromatic rings. The molecule has 0 aliphatic carbocycles. The third kappa shape index (κ3) is 4.03. The van der Waals surface area contributed by atoms with Crippen LogP contribution in [-0.4, -0.2) is 42.2 Å². The van der Waals surface area contributed by atoms with Gasteiger partial charge in [0, 0.05) is 10.6 Å². The summed E-state index contributed by atoms with van der Waals surface area (Å²) in [6.07, 6.45) is 1.98. The molecule has 2 aliphatic rings. The highest BCUT2D eigenvalue weighted by atomic mass is 32.2. The molecule has 4 rings (SSSR count). The van der Waals surface area contributed by atoms with Crippen molar-refractivity contribution in [2.45, 2.75) is 24.8 Å². The first-order valence-electron chi connectivity index (χ1n) is 9.87. The van der Waals surface area contributed by atoms with Gasteiger partial charge in [-0.2, -0.15) is 0 Å². The quantitative estimate of drug-likeness (QED) is 0.552. The van der Waals surface area contributed by atoms with Crippen LogP contribution in [0, 0.1) is 13.8 Å². The molecule has 0 saturated heterocycles. The van der Waals surface area contributed by atoms with Crippen LogP contribution in [0.25, 0.3) is 0 Å². The van der Waals surface area contributed by atoms with Crippen LogP contribution in [0.3, 0.4) is 0 Å². The van der Waals surface area contributed by atoms with Crippen molar-refractivity contribution in [3.05, 3.63) is 70.4 Å². The van der Waals surface area contributed by atoms with Crippen molar-refractivity contribution in [2.24, 2.45) is 0 Å². The van der Waals surface area contributed by atoms with Gasteiger partial charge >= 0.3 is 12.0 Å². The zero-order valence-corrected chi connectivity index (χ0v) is 18.3. The molecular formula is C23H23N3O4S. The molecule has 2 N–H and O–H groups in total. The zero-order chi connectivity index (χ0) is 22.1. The zero-order valence-electron chi connectivity index (χ0n) is 17.5. The lowest BCUT2D eigenvalue weighted by Gasteiger charge is -2.32. The number of hydrogen-bond acceptors (Lipinski definition) is 5. The van der Waals surface area contributed by atoms with Gasteiger partial charge in [0.1, 0.15) is 13.2 Å². The Morgan fingerprint density at radius 3 is 2.48 bits per heavy atom. The van der Waals surface area contributed by atoms with Gasteiger partial charge in [-0.25, -0.2) is 9.59 Å². The molecule has 1 atom stereocenters. The fraction of sp³-hybridized carbons (Fsp3) is 0.261. The average molecular weight is 438 g/mol. The Kier molecular flexibility index (Phi) is 5.73. The summed E-state index contributed by atoms with van der Waals surface area (Å²) in [6, 6.07) is 12.4. The number of esters is 1. The summed E-state index contributed by atoms with van der Waals surface area (Å²) in [4.78, 5) is 40.5. The van der Waals surface area contributed by atoms with Crippen LogP contribution in [0.4, 0.5) is 10.5 Å². The van der Waals surface area contributed by atoms with E-state index in [-0.39, 0.29) is 19.1 Å². The maximum Gasteiger partial charge on any atom is 0.338 e. The fourth-order valence-electron chi connectivity index (χ4n) is 3.86. The lowest BCUT2D eigenvalue weighted by molar-refractivity contribution is -0.136. The van der Waals surface area contributed by atoms with Crippen LogP contribution in [0.5, 0.6) is 0 Å². The van der Waals surface area contributed by atoms with Crippen LogP contribution in [-0.2, 0) is 14.3 Å². The van der Waals surface area contributed by atoms with Gasteiger partial charge in [-0.3, -0.25) is 9.69 Å². The minimum Gasteiger partial charge on any atom is -0.456 e. The van der Waals surface area contributed by atoms with E-state index in [1.165, 1.54) is 4.90 Å². The Morgan fingerprint density at radius 2 is 1.84 bits per heavy atom. The standard InChI is InChI=1S/C23H23N3O4S/c1-13-5-4-6-14(2)20(13)24-18(27)11-26-17-12-30-22(28)19(17)21(25-23(26)29)15-7-9-16(31-3)10-8-15/h4-10,21H,11-12H2,1-3H3,(H,24,27)(H,25,29)/t21-/m1/s1. The Bertz CT molecular complexity index is 1070. The summed E-state index contributed by atoms with van der Waals surface area (Å²) in [5.41, 5.74) is 4.19. The van der Waals surface area contributed by atoms with E-state index in [0.717, 1.165) is 27.3 Å².